The van der Waals surface area contributed by atoms with Crippen molar-refractivity contribution in [3.63, 3.8) is 0 Å². The largest absolute Gasteiger partial charge is 0.368 e. The van der Waals surface area contributed by atoms with Gasteiger partial charge in [0.25, 0.3) is 11.7 Å². The summed E-state index contributed by atoms with van der Waals surface area (Å²) in [5, 5.41) is 18.7. The number of rotatable bonds is 4. The molecule has 0 atom stereocenters. The van der Waals surface area contributed by atoms with Crippen LogP contribution in [0.1, 0.15) is 10.6 Å². The van der Waals surface area contributed by atoms with Crippen molar-refractivity contribution in [3.8, 4) is 0 Å². The van der Waals surface area contributed by atoms with Crippen molar-refractivity contribution >= 4 is 17.5 Å². The molecule has 0 aliphatic heterocycles. The number of aromatic nitrogens is 6. The third-order valence-corrected chi connectivity index (χ3v) is 1.76. The van der Waals surface area contributed by atoms with Crippen molar-refractivity contribution in [1.29, 1.82) is 0 Å². The Balaban J connectivity index is 2.02. The third-order valence-electron chi connectivity index (χ3n) is 1.76. The summed E-state index contributed by atoms with van der Waals surface area (Å²) in [6, 6.07) is 0. The normalized spacial score (nSPS) is 10.1. The molecule has 0 radical (unpaired) electrons. The summed E-state index contributed by atoms with van der Waals surface area (Å²) in [7, 11) is 0. The maximum atomic E-state index is 11.5. The number of nitrogens with two attached hydrogens (primary N) is 1. The van der Waals surface area contributed by atoms with E-state index in [9.17, 15) is 9.59 Å². The quantitative estimate of drug-likeness (QED) is 0.567. The Morgan fingerprint density at radius 1 is 1.53 bits per heavy atom. The van der Waals surface area contributed by atoms with Gasteiger partial charge in [0.2, 0.25) is 5.91 Å². The molecule has 0 bridgehead atoms. The average molecular weight is 236 g/mol. The van der Waals surface area contributed by atoms with Gasteiger partial charge in [0.1, 0.15) is 6.54 Å². The Kier molecular flexibility index (Phi) is 2.77. The molecule has 0 aromatic carbocycles. The molecule has 0 saturated carbocycles. The summed E-state index contributed by atoms with van der Waals surface area (Å²) < 4.78 is 1.30. The third kappa shape index (κ3) is 2.62. The van der Waals surface area contributed by atoms with E-state index in [1.165, 1.54) is 17.1 Å². The molecule has 2 aromatic rings. The maximum absolute atomic E-state index is 11.5. The van der Waals surface area contributed by atoms with Crippen molar-refractivity contribution in [2.24, 2.45) is 5.73 Å². The highest BCUT2D eigenvalue weighted by Gasteiger charge is 2.11. The summed E-state index contributed by atoms with van der Waals surface area (Å²) in [5.41, 5.74) is 5.40. The van der Waals surface area contributed by atoms with Crippen molar-refractivity contribution < 1.29 is 9.59 Å². The lowest BCUT2D eigenvalue weighted by Gasteiger charge is -1.97. The molecule has 88 valence electrons. The van der Waals surface area contributed by atoms with E-state index in [0.29, 0.717) is 5.69 Å². The summed E-state index contributed by atoms with van der Waals surface area (Å²) in [5.74, 6) is -1.14. The predicted octanol–water partition coefficient (Wildman–Crippen LogP) is -1.87. The Labute approximate surface area is 94.2 Å². The first-order valence-corrected chi connectivity index (χ1v) is 4.50. The van der Waals surface area contributed by atoms with Crippen molar-refractivity contribution in [2.45, 2.75) is 6.54 Å². The topological polar surface area (TPSA) is 144 Å². The fraction of sp³-hybridized carbons (Fsp3) is 0.143. The molecular weight excluding hydrogens is 228 g/mol. The van der Waals surface area contributed by atoms with E-state index in [-0.39, 0.29) is 12.4 Å². The molecule has 2 amide bonds. The summed E-state index contributed by atoms with van der Waals surface area (Å²) in [6.07, 6.45) is 2.84. The first-order valence-electron chi connectivity index (χ1n) is 4.50. The highest BCUT2D eigenvalue weighted by atomic mass is 16.2. The van der Waals surface area contributed by atoms with Crippen molar-refractivity contribution in [3.05, 3.63) is 18.2 Å². The number of aromatic amines is 1. The molecule has 0 unspecified atom stereocenters. The standard InChI is InChI=1S/C7H8N8O2/c8-5(16)3-15-2-4(1-9-15)10-7(17)6-11-13-14-12-6/h1-2H,3H2,(H2,8,16)(H,10,17)(H,11,12,13,14). The predicted molar refractivity (Wildman–Crippen MR) is 53.6 cm³/mol. The highest BCUT2D eigenvalue weighted by Crippen LogP contribution is 2.05. The van der Waals surface area contributed by atoms with Crippen LogP contribution in [-0.2, 0) is 11.3 Å². The Bertz CT molecular complexity index is 530. The van der Waals surface area contributed by atoms with Gasteiger partial charge in [-0.3, -0.25) is 14.3 Å². The van der Waals surface area contributed by atoms with Gasteiger partial charge in [0, 0.05) is 6.20 Å². The molecule has 0 saturated heterocycles. The zero-order valence-corrected chi connectivity index (χ0v) is 8.49. The van der Waals surface area contributed by atoms with Crippen LogP contribution >= 0.6 is 0 Å². The van der Waals surface area contributed by atoms with Gasteiger partial charge >= 0.3 is 0 Å². The van der Waals surface area contributed by atoms with Crippen LogP contribution in [0.25, 0.3) is 0 Å². The lowest BCUT2D eigenvalue weighted by molar-refractivity contribution is -0.118. The molecule has 17 heavy (non-hydrogen) atoms. The van der Waals surface area contributed by atoms with Crippen LogP contribution in [0.5, 0.6) is 0 Å². The van der Waals surface area contributed by atoms with Crippen LogP contribution in [-0.4, -0.2) is 42.2 Å². The number of H-pyrrole nitrogens is 1. The van der Waals surface area contributed by atoms with Gasteiger partial charge in [-0.25, -0.2) is 0 Å². The van der Waals surface area contributed by atoms with Gasteiger partial charge in [-0.2, -0.15) is 10.3 Å². The average Bonchev–Trinajstić information content (AvgIpc) is 2.87. The first kappa shape index (κ1) is 10.7. The Morgan fingerprint density at radius 2 is 2.35 bits per heavy atom. The molecule has 0 aliphatic rings. The fourth-order valence-corrected chi connectivity index (χ4v) is 1.12. The molecule has 0 fully saturated rings. The van der Waals surface area contributed by atoms with Gasteiger partial charge in [-0.15, -0.1) is 10.2 Å². The minimum absolute atomic E-state index is 0.0575. The lowest BCUT2D eigenvalue weighted by atomic mass is 10.5. The molecule has 4 N–H and O–H groups in total. The number of amides is 2. The van der Waals surface area contributed by atoms with Crippen molar-refractivity contribution in [1.82, 2.24) is 30.4 Å². The van der Waals surface area contributed by atoms with Gasteiger partial charge in [0.15, 0.2) is 0 Å². The van der Waals surface area contributed by atoms with Gasteiger partial charge in [-0.1, -0.05) is 0 Å². The number of nitrogens with zero attached hydrogens (tertiary/aromatic N) is 5. The Hall–Kier alpha value is -2.78. The van der Waals surface area contributed by atoms with E-state index in [1.807, 2.05) is 0 Å². The van der Waals surface area contributed by atoms with E-state index < -0.39 is 11.8 Å². The second-order valence-electron chi connectivity index (χ2n) is 3.08. The first-order chi connectivity index (χ1) is 8.15. The summed E-state index contributed by atoms with van der Waals surface area (Å²) in [6.45, 7) is -0.0575. The minimum Gasteiger partial charge on any atom is -0.368 e. The molecule has 10 heteroatoms. The number of primary amides is 1. The smallest absolute Gasteiger partial charge is 0.297 e. The SMILES string of the molecule is NC(=O)Cn1cc(NC(=O)c2nn[nH]n2)cn1. The van der Waals surface area contributed by atoms with E-state index in [2.05, 4.69) is 31.0 Å². The monoisotopic (exact) mass is 236 g/mol. The van der Waals surface area contributed by atoms with Gasteiger partial charge in [-0.05, 0) is 5.21 Å². The maximum Gasteiger partial charge on any atom is 0.297 e. The number of hydrogen-bond acceptors (Lipinski definition) is 6. The molecule has 2 rings (SSSR count). The van der Waals surface area contributed by atoms with Crippen LogP contribution < -0.4 is 11.1 Å². The number of tetrazole rings is 1. The molecule has 0 spiro atoms. The van der Waals surface area contributed by atoms with Crippen LogP contribution in [0.15, 0.2) is 12.4 Å². The van der Waals surface area contributed by atoms with E-state index in [1.54, 1.807) is 0 Å². The molecular formula is C7H8N8O2. The van der Waals surface area contributed by atoms with E-state index in [4.69, 9.17) is 5.73 Å². The second kappa shape index (κ2) is 4.38. The summed E-state index contributed by atoms with van der Waals surface area (Å²) >= 11 is 0. The van der Waals surface area contributed by atoms with Crippen LogP contribution in [0.4, 0.5) is 5.69 Å². The lowest BCUT2D eigenvalue weighted by Crippen LogP contribution is -2.18. The highest BCUT2D eigenvalue weighted by molar-refractivity contribution is 6.01. The zero-order chi connectivity index (χ0) is 12.3. The van der Waals surface area contributed by atoms with Crippen LogP contribution in [0.2, 0.25) is 0 Å². The zero-order valence-electron chi connectivity index (χ0n) is 8.49. The van der Waals surface area contributed by atoms with Crippen LogP contribution in [0, 0.1) is 0 Å². The number of carbonyl (C=O) groups excluding carboxylic acids is 2. The van der Waals surface area contributed by atoms with E-state index in [0.717, 1.165) is 0 Å². The molecule has 0 aliphatic carbocycles. The number of anilines is 1. The Morgan fingerprint density at radius 3 is 3.00 bits per heavy atom. The molecule has 2 aromatic heterocycles. The second-order valence-corrected chi connectivity index (χ2v) is 3.08. The summed E-state index contributed by atoms with van der Waals surface area (Å²) in [4.78, 5) is 22.1. The van der Waals surface area contributed by atoms with Gasteiger partial charge < -0.3 is 11.1 Å². The fourth-order valence-electron chi connectivity index (χ4n) is 1.12. The number of nitrogens with one attached hydrogen (secondary N) is 2. The van der Waals surface area contributed by atoms with Gasteiger partial charge in [0.05, 0.1) is 11.9 Å². The number of hydrogen-bond donors (Lipinski definition) is 3. The molecule has 2 heterocycles. The van der Waals surface area contributed by atoms with E-state index >= 15 is 0 Å². The van der Waals surface area contributed by atoms with Crippen LogP contribution in [0.3, 0.4) is 0 Å². The number of carbonyl (C=O) groups is 2. The van der Waals surface area contributed by atoms with Crippen molar-refractivity contribution in [2.75, 3.05) is 5.32 Å². The molecule has 10 nitrogen and oxygen atoms in total. The minimum atomic E-state index is -0.530.